The fourth-order valence-corrected chi connectivity index (χ4v) is 2.19. The summed E-state index contributed by atoms with van der Waals surface area (Å²) in [4.78, 5) is 16.4. The van der Waals surface area contributed by atoms with Gasteiger partial charge in [0.15, 0.2) is 0 Å². The summed E-state index contributed by atoms with van der Waals surface area (Å²) in [5, 5.41) is 0.692. The van der Waals surface area contributed by atoms with E-state index in [-0.39, 0.29) is 5.56 Å². The first kappa shape index (κ1) is 10.0. The van der Waals surface area contributed by atoms with Gasteiger partial charge in [0.2, 0.25) is 0 Å². The average molecular weight is 279 g/mol. The van der Waals surface area contributed by atoms with Gasteiger partial charge in [-0.1, -0.05) is 0 Å². The molecule has 1 aliphatic carbocycles. The van der Waals surface area contributed by atoms with Gasteiger partial charge in [0.25, 0.3) is 5.56 Å². The molecule has 3 rings (SSSR count). The van der Waals surface area contributed by atoms with Crippen LogP contribution >= 0.6 is 15.9 Å². The van der Waals surface area contributed by atoms with E-state index in [2.05, 4.69) is 20.9 Å². The van der Waals surface area contributed by atoms with Crippen LogP contribution in [0.4, 0.5) is 0 Å². The van der Waals surface area contributed by atoms with E-state index >= 15 is 0 Å². The van der Waals surface area contributed by atoms with Crippen LogP contribution < -0.4 is 5.56 Å². The highest BCUT2D eigenvalue weighted by Crippen LogP contribution is 2.30. The van der Waals surface area contributed by atoms with E-state index in [0.29, 0.717) is 11.3 Å². The predicted molar refractivity (Wildman–Crippen MR) is 66.4 cm³/mol. The average Bonchev–Trinajstić information content (AvgIpc) is 3.07. The van der Waals surface area contributed by atoms with Gasteiger partial charge in [-0.3, -0.25) is 9.78 Å². The summed E-state index contributed by atoms with van der Waals surface area (Å²) in [6.07, 6.45) is 6.07. The Labute approximate surface area is 101 Å². The Bertz CT molecular complexity index is 601. The molecule has 0 N–H and O–H groups in total. The van der Waals surface area contributed by atoms with Crippen molar-refractivity contribution in [2.45, 2.75) is 19.4 Å². The van der Waals surface area contributed by atoms with Gasteiger partial charge in [-0.05, 0) is 46.8 Å². The minimum atomic E-state index is 0.0678. The molecule has 0 amide bonds. The molecule has 0 aromatic carbocycles. The number of fused-ring (bicyclic) bond motifs is 1. The highest BCUT2D eigenvalue weighted by Gasteiger charge is 2.22. The maximum atomic E-state index is 12.1. The summed E-state index contributed by atoms with van der Waals surface area (Å²) in [5.41, 5.74) is 0.832. The third-order valence-electron chi connectivity index (χ3n) is 2.94. The van der Waals surface area contributed by atoms with Gasteiger partial charge in [-0.25, -0.2) is 0 Å². The number of pyridine rings is 2. The Morgan fingerprint density at radius 3 is 3.06 bits per heavy atom. The van der Waals surface area contributed by atoms with Crippen LogP contribution in [0.2, 0.25) is 0 Å². The van der Waals surface area contributed by atoms with Gasteiger partial charge in [0.1, 0.15) is 0 Å². The Balaban J connectivity index is 2.17. The van der Waals surface area contributed by atoms with E-state index in [0.717, 1.165) is 16.5 Å². The number of hydrogen-bond donors (Lipinski definition) is 0. The molecule has 3 nitrogen and oxygen atoms in total. The van der Waals surface area contributed by atoms with Gasteiger partial charge >= 0.3 is 0 Å². The molecule has 0 spiro atoms. The summed E-state index contributed by atoms with van der Waals surface area (Å²) in [6.45, 7) is 0.848. The maximum Gasteiger partial charge on any atom is 0.260 e. The van der Waals surface area contributed by atoms with Crippen LogP contribution in [-0.2, 0) is 6.54 Å². The van der Waals surface area contributed by atoms with Crippen LogP contribution in [0.25, 0.3) is 10.9 Å². The van der Waals surface area contributed by atoms with E-state index in [1.54, 1.807) is 10.8 Å². The first-order chi connectivity index (χ1) is 7.74. The molecule has 1 saturated carbocycles. The predicted octanol–water partition coefficient (Wildman–Crippen LogP) is 2.57. The Hall–Kier alpha value is -1.16. The third kappa shape index (κ3) is 1.78. The molecular weight excluding hydrogens is 268 g/mol. The van der Waals surface area contributed by atoms with Crippen LogP contribution in [0.3, 0.4) is 0 Å². The maximum absolute atomic E-state index is 12.1. The standard InChI is InChI=1S/C12H11BrN2O/c13-9-5-10-11(14-6-9)3-4-15(12(10)16)7-8-1-2-8/h3-6,8H,1-2,7H2. The molecule has 0 radical (unpaired) electrons. The monoisotopic (exact) mass is 278 g/mol. The molecule has 4 heteroatoms. The van der Waals surface area contributed by atoms with Crippen molar-refractivity contribution in [3.8, 4) is 0 Å². The summed E-state index contributed by atoms with van der Waals surface area (Å²) >= 11 is 3.34. The first-order valence-corrected chi connectivity index (χ1v) is 6.18. The molecule has 16 heavy (non-hydrogen) atoms. The highest BCUT2D eigenvalue weighted by atomic mass is 79.9. The second kappa shape index (κ2) is 3.70. The molecule has 0 bridgehead atoms. The topological polar surface area (TPSA) is 34.9 Å². The van der Waals surface area contributed by atoms with Crippen molar-refractivity contribution in [3.05, 3.63) is 39.4 Å². The van der Waals surface area contributed by atoms with E-state index in [1.165, 1.54) is 12.8 Å². The van der Waals surface area contributed by atoms with E-state index < -0.39 is 0 Å². The minimum absolute atomic E-state index is 0.0678. The van der Waals surface area contributed by atoms with E-state index in [1.807, 2.05) is 18.3 Å². The molecule has 82 valence electrons. The van der Waals surface area contributed by atoms with Gasteiger partial charge in [-0.15, -0.1) is 0 Å². The number of nitrogens with zero attached hydrogens (tertiary/aromatic N) is 2. The number of hydrogen-bond acceptors (Lipinski definition) is 2. The zero-order chi connectivity index (χ0) is 11.1. The zero-order valence-corrected chi connectivity index (χ0v) is 10.3. The summed E-state index contributed by atoms with van der Waals surface area (Å²) in [6, 6.07) is 3.75. The van der Waals surface area contributed by atoms with Crippen molar-refractivity contribution in [1.29, 1.82) is 0 Å². The molecule has 0 aliphatic heterocycles. The van der Waals surface area contributed by atoms with Crippen LogP contribution in [-0.4, -0.2) is 9.55 Å². The number of rotatable bonds is 2. The van der Waals surface area contributed by atoms with Crippen molar-refractivity contribution in [3.63, 3.8) is 0 Å². The number of halogens is 1. The molecular formula is C12H11BrN2O. The molecule has 1 fully saturated rings. The lowest BCUT2D eigenvalue weighted by Crippen LogP contribution is -2.20. The molecule has 1 aliphatic rings. The van der Waals surface area contributed by atoms with Crippen LogP contribution in [0, 0.1) is 5.92 Å². The second-order valence-electron chi connectivity index (χ2n) is 4.30. The van der Waals surface area contributed by atoms with Crippen LogP contribution in [0.15, 0.2) is 33.8 Å². The molecule has 2 aromatic heterocycles. The molecule has 0 unspecified atom stereocenters. The van der Waals surface area contributed by atoms with Gasteiger partial charge < -0.3 is 4.57 Å². The van der Waals surface area contributed by atoms with Gasteiger partial charge in [0, 0.05) is 23.4 Å². The minimum Gasteiger partial charge on any atom is -0.315 e. The lowest BCUT2D eigenvalue weighted by atomic mass is 10.2. The second-order valence-corrected chi connectivity index (χ2v) is 5.22. The fourth-order valence-electron chi connectivity index (χ4n) is 1.86. The lowest BCUT2D eigenvalue weighted by Gasteiger charge is -2.05. The van der Waals surface area contributed by atoms with Crippen molar-refractivity contribution in [2.75, 3.05) is 0 Å². The van der Waals surface area contributed by atoms with E-state index in [4.69, 9.17) is 0 Å². The SMILES string of the molecule is O=c1c2cc(Br)cnc2ccn1CC1CC1. The summed E-state index contributed by atoms with van der Waals surface area (Å²) in [5.74, 6) is 0.704. The molecule has 0 saturated heterocycles. The van der Waals surface area contributed by atoms with Crippen LogP contribution in [0.1, 0.15) is 12.8 Å². The quantitative estimate of drug-likeness (QED) is 0.846. The van der Waals surface area contributed by atoms with Crippen molar-refractivity contribution >= 4 is 26.8 Å². The van der Waals surface area contributed by atoms with Gasteiger partial charge in [0.05, 0.1) is 10.9 Å². The Morgan fingerprint density at radius 1 is 1.50 bits per heavy atom. The molecule has 2 aromatic rings. The smallest absolute Gasteiger partial charge is 0.260 e. The first-order valence-electron chi connectivity index (χ1n) is 5.39. The van der Waals surface area contributed by atoms with Crippen molar-refractivity contribution < 1.29 is 0 Å². The van der Waals surface area contributed by atoms with Crippen molar-refractivity contribution in [1.82, 2.24) is 9.55 Å². The Morgan fingerprint density at radius 2 is 2.31 bits per heavy atom. The summed E-state index contributed by atoms with van der Waals surface area (Å²) in [7, 11) is 0. The largest absolute Gasteiger partial charge is 0.315 e. The van der Waals surface area contributed by atoms with E-state index in [9.17, 15) is 4.79 Å². The lowest BCUT2D eigenvalue weighted by molar-refractivity contribution is 0.610. The normalized spacial score (nSPS) is 15.6. The van der Waals surface area contributed by atoms with Crippen molar-refractivity contribution in [2.24, 2.45) is 5.92 Å². The molecule has 0 atom stereocenters. The van der Waals surface area contributed by atoms with Gasteiger partial charge in [-0.2, -0.15) is 0 Å². The molecule has 2 heterocycles. The zero-order valence-electron chi connectivity index (χ0n) is 8.69. The Kier molecular flexibility index (Phi) is 2.32. The highest BCUT2D eigenvalue weighted by molar-refractivity contribution is 9.10. The fraction of sp³-hybridized carbons (Fsp3) is 0.333. The third-order valence-corrected chi connectivity index (χ3v) is 3.37. The summed E-state index contributed by atoms with van der Waals surface area (Å²) < 4.78 is 2.65. The van der Waals surface area contributed by atoms with Crippen LogP contribution in [0.5, 0.6) is 0 Å². The number of aromatic nitrogens is 2.